The summed E-state index contributed by atoms with van der Waals surface area (Å²) in [6.07, 6.45) is 1.47. The van der Waals surface area contributed by atoms with Crippen molar-refractivity contribution < 1.29 is 22.7 Å². The van der Waals surface area contributed by atoms with Gasteiger partial charge in [0.2, 0.25) is 0 Å². The minimum absolute atomic E-state index is 0.229. The molecule has 0 amide bonds. The Morgan fingerprint density at radius 3 is 2.41 bits per heavy atom. The third kappa shape index (κ3) is 4.20. The molecule has 0 fully saturated rings. The number of anilines is 1. The average molecular weight is 406 g/mol. The summed E-state index contributed by atoms with van der Waals surface area (Å²) >= 11 is 1.21. The Kier molecular flexibility index (Phi) is 5.62. The summed E-state index contributed by atoms with van der Waals surface area (Å²) < 4.78 is 37.6. The first-order chi connectivity index (χ1) is 12.9. The molecular weight excluding hydrogens is 388 g/mol. The van der Waals surface area contributed by atoms with Gasteiger partial charge in [0.15, 0.2) is 0 Å². The average Bonchev–Trinajstić information content (AvgIpc) is 3.23. The number of esters is 1. The number of nitrogens with one attached hydrogen (secondary N) is 2. The van der Waals surface area contributed by atoms with Gasteiger partial charge in [-0.05, 0) is 35.4 Å². The summed E-state index contributed by atoms with van der Waals surface area (Å²) in [6, 6.07) is 12.1. The Hall–Kier alpha value is -2.65. The maximum atomic E-state index is 12.4. The second kappa shape index (κ2) is 7.93. The summed E-state index contributed by atoms with van der Waals surface area (Å²) in [5, 5.41) is 2.86. The molecule has 27 heavy (non-hydrogen) atoms. The van der Waals surface area contributed by atoms with Crippen LogP contribution < -0.4 is 14.8 Å². The fraction of sp³-hybridized carbons (Fsp3) is 0.167. The first kappa shape index (κ1) is 19.1. The largest absolute Gasteiger partial charge is 0.495 e. The van der Waals surface area contributed by atoms with Crippen molar-refractivity contribution in [3.63, 3.8) is 0 Å². The first-order valence-electron chi connectivity index (χ1n) is 7.90. The van der Waals surface area contributed by atoms with E-state index in [1.54, 1.807) is 42.5 Å². The predicted octanol–water partition coefficient (Wildman–Crippen LogP) is 2.98. The molecule has 0 bridgehead atoms. The van der Waals surface area contributed by atoms with Crippen molar-refractivity contribution in [2.75, 3.05) is 24.8 Å². The second-order valence-electron chi connectivity index (χ2n) is 5.55. The molecule has 0 unspecified atom stereocenters. The van der Waals surface area contributed by atoms with Crippen molar-refractivity contribution >= 4 is 33.4 Å². The van der Waals surface area contributed by atoms with Gasteiger partial charge >= 0.3 is 5.97 Å². The lowest BCUT2D eigenvalue weighted by Gasteiger charge is -2.13. The van der Waals surface area contributed by atoms with Gasteiger partial charge in [0.1, 0.15) is 9.99 Å². The van der Waals surface area contributed by atoms with E-state index in [0.717, 1.165) is 11.1 Å². The lowest BCUT2D eigenvalue weighted by Crippen LogP contribution is -2.13. The number of benzene rings is 2. The molecule has 9 heteroatoms. The van der Waals surface area contributed by atoms with Crippen molar-refractivity contribution in [3.05, 3.63) is 58.5 Å². The van der Waals surface area contributed by atoms with Crippen molar-refractivity contribution in [1.82, 2.24) is 5.32 Å². The Balaban J connectivity index is 1.87. The Morgan fingerprint density at radius 2 is 1.81 bits per heavy atom. The number of rotatable bonds is 6. The molecule has 2 N–H and O–H groups in total. The maximum absolute atomic E-state index is 12.4. The van der Waals surface area contributed by atoms with Crippen molar-refractivity contribution in [2.24, 2.45) is 0 Å². The van der Waals surface area contributed by atoms with Gasteiger partial charge in [-0.15, -0.1) is 0 Å². The van der Waals surface area contributed by atoms with E-state index in [9.17, 15) is 13.2 Å². The molecule has 142 valence electrons. The van der Waals surface area contributed by atoms with Gasteiger partial charge in [-0.1, -0.05) is 30.0 Å². The molecule has 0 saturated heterocycles. The summed E-state index contributed by atoms with van der Waals surface area (Å²) in [5.74, 6) is 0.510. The predicted molar refractivity (Wildman–Crippen MR) is 106 cm³/mol. The smallest absolute Gasteiger partial charge is 0.337 e. The number of methoxy groups -OCH3 is 2. The molecule has 0 saturated carbocycles. The summed E-state index contributed by atoms with van der Waals surface area (Å²) in [5.41, 5.74) is 2.48. The zero-order chi connectivity index (χ0) is 19.4. The molecule has 0 atom stereocenters. The fourth-order valence-corrected chi connectivity index (χ4v) is 4.70. The minimum Gasteiger partial charge on any atom is -0.495 e. The molecule has 1 heterocycles. The van der Waals surface area contributed by atoms with E-state index < -0.39 is 16.0 Å². The molecule has 7 nitrogen and oxygen atoms in total. The lowest BCUT2D eigenvalue weighted by molar-refractivity contribution is 0.0600. The summed E-state index contributed by atoms with van der Waals surface area (Å²) in [7, 11) is -0.856. The lowest BCUT2D eigenvalue weighted by atomic mass is 10.0. The van der Waals surface area contributed by atoms with E-state index in [1.807, 2.05) is 0 Å². The van der Waals surface area contributed by atoms with Gasteiger partial charge in [-0.2, -0.15) is 0 Å². The van der Waals surface area contributed by atoms with Crippen molar-refractivity contribution in [3.8, 4) is 16.9 Å². The number of hydrogen-bond acceptors (Lipinski definition) is 7. The highest BCUT2D eigenvalue weighted by Crippen LogP contribution is 2.34. The van der Waals surface area contributed by atoms with E-state index in [-0.39, 0.29) is 4.24 Å². The molecular formula is C18H18N2O5S2. The third-order valence-corrected chi connectivity index (χ3v) is 6.73. The van der Waals surface area contributed by atoms with E-state index >= 15 is 0 Å². The Bertz CT molecular complexity index is 985. The third-order valence-electron chi connectivity index (χ3n) is 3.87. The number of sulfonamides is 1. The van der Waals surface area contributed by atoms with E-state index in [4.69, 9.17) is 4.74 Å². The SMILES string of the molecule is COC(=O)c1ccc(-c2ccc(NS(=O)(=O)C3=CNCS3)c(OC)c2)cc1. The van der Waals surface area contributed by atoms with Crippen LogP contribution in [-0.2, 0) is 14.8 Å². The normalized spacial score (nSPS) is 13.5. The molecule has 0 spiro atoms. The zero-order valence-corrected chi connectivity index (χ0v) is 16.3. The van der Waals surface area contributed by atoms with Crippen LogP contribution in [0.25, 0.3) is 11.1 Å². The zero-order valence-electron chi connectivity index (χ0n) is 14.7. The standard InChI is InChI=1S/C18H18N2O5S2/c1-24-16-9-14(12-3-5-13(6-4-12)18(21)25-2)7-8-15(16)20-27(22,23)17-10-19-11-26-17/h3-10,19-20H,11H2,1-2H3. The number of hydrogen-bond donors (Lipinski definition) is 2. The number of thioether (sulfide) groups is 1. The van der Waals surface area contributed by atoms with Crippen LogP contribution in [0.5, 0.6) is 5.75 Å². The minimum atomic E-state index is -3.66. The fourth-order valence-electron chi connectivity index (χ4n) is 2.50. The van der Waals surface area contributed by atoms with Crippen LogP contribution in [0.15, 0.2) is 52.9 Å². The van der Waals surface area contributed by atoms with Gasteiger partial charge in [-0.3, -0.25) is 4.72 Å². The molecule has 0 radical (unpaired) electrons. The van der Waals surface area contributed by atoms with Crippen molar-refractivity contribution in [1.29, 1.82) is 0 Å². The van der Waals surface area contributed by atoms with Crippen molar-refractivity contribution in [2.45, 2.75) is 0 Å². The molecule has 2 aromatic rings. The van der Waals surface area contributed by atoms with Crippen LogP contribution in [0, 0.1) is 0 Å². The van der Waals surface area contributed by atoms with Gasteiger partial charge in [-0.25, -0.2) is 13.2 Å². The Labute approximate surface area is 161 Å². The van der Waals surface area contributed by atoms with Crippen LogP contribution in [0.4, 0.5) is 5.69 Å². The molecule has 1 aliphatic rings. The van der Waals surface area contributed by atoms with Crippen LogP contribution >= 0.6 is 11.8 Å². The van der Waals surface area contributed by atoms with Crippen LogP contribution in [0.3, 0.4) is 0 Å². The maximum Gasteiger partial charge on any atom is 0.337 e. The van der Waals surface area contributed by atoms with Crippen LogP contribution in [0.2, 0.25) is 0 Å². The van der Waals surface area contributed by atoms with Gasteiger partial charge in [0.25, 0.3) is 10.0 Å². The monoisotopic (exact) mass is 406 g/mol. The van der Waals surface area contributed by atoms with Gasteiger partial charge in [0.05, 0.1) is 31.3 Å². The van der Waals surface area contributed by atoms with E-state index in [0.29, 0.717) is 22.9 Å². The highest BCUT2D eigenvalue weighted by atomic mass is 32.3. The topological polar surface area (TPSA) is 93.7 Å². The Morgan fingerprint density at radius 1 is 1.11 bits per heavy atom. The number of carbonyl (C=O) groups excluding carboxylic acids is 1. The summed E-state index contributed by atoms with van der Waals surface area (Å²) in [6.45, 7) is 0. The highest BCUT2D eigenvalue weighted by molar-refractivity contribution is 8.19. The molecule has 0 aliphatic carbocycles. The molecule has 2 aromatic carbocycles. The van der Waals surface area contributed by atoms with Crippen LogP contribution in [-0.4, -0.2) is 34.5 Å². The second-order valence-corrected chi connectivity index (χ2v) is 8.47. The quantitative estimate of drug-likeness (QED) is 0.712. The highest BCUT2D eigenvalue weighted by Gasteiger charge is 2.23. The van der Waals surface area contributed by atoms with Gasteiger partial charge < -0.3 is 14.8 Å². The van der Waals surface area contributed by atoms with E-state index in [1.165, 1.54) is 32.2 Å². The van der Waals surface area contributed by atoms with E-state index in [2.05, 4.69) is 14.8 Å². The molecule has 1 aliphatic heterocycles. The number of carbonyl (C=O) groups is 1. The molecule has 0 aromatic heterocycles. The van der Waals surface area contributed by atoms with Gasteiger partial charge in [0, 0.05) is 6.20 Å². The molecule has 3 rings (SSSR count). The van der Waals surface area contributed by atoms with Crippen LogP contribution in [0.1, 0.15) is 10.4 Å². The number of ether oxygens (including phenoxy) is 2. The first-order valence-corrected chi connectivity index (χ1v) is 10.4. The summed E-state index contributed by atoms with van der Waals surface area (Å²) in [4.78, 5) is 11.5.